The molecule has 3 rings (SSSR count). The molecule has 0 spiro atoms. The van der Waals surface area contributed by atoms with Crippen LogP contribution in [0.25, 0.3) is 0 Å². The molecule has 2 aromatic rings. The number of halogens is 1. The number of aryl methyl sites for hydroxylation is 1. The summed E-state index contributed by atoms with van der Waals surface area (Å²) in [4.78, 5) is 12.7. The first-order valence-corrected chi connectivity index (χ1v) is 8.38. The Labute approximate surface area is 141 Å². The first kappa shape index (κ1) is 16.1. The lowest BCUT2D eigenvalue weighted by atomic mass is 9.86. The second kappa shape index (κ2) is 5.68. The summed E-state index contributed by atoms with van der Waals surface area (Å²) >= 11 is 6.16. The molecule has 1 heterocycles. The van der Waals surface area contributed by atoms with Gasteiger partial charge in [-0.1, -0.05) is 44.5 Å². The van der Waals surface area contributed by atoms with E-state index in [9.17, 15) is 4.79 Å². The Balaban J connectivity index is 1.96. The molecular weight excluding hydrogens is 310 g/mol. The van der Waals surface area contributed by atoms with Crippen LogP contribution in [-0.2, 0) is 25.3 Å². The second-order valence-electron chi connectivity index (χ2n) is 6.76. The molecule has 0 atom stereocenters. The third-order valence-corrected chi connectivity index (χ3v) is 5.10. The van der Waals surface area contributed by atoms with Crippen LogP contribution in [0.2, 0.25) is 5.15 Å². The van der Waals surface area contributed by atoms with Crippen molar-refractivity contribution >= 4 is 23.2 Å². The van der Waals surface area contributed by atoms with Gasteiger partial charge in [0.25, 0.3) is 5.91 Å². The van der Waals surface area contributed by atoms with Crippen molar-refractivity contribution in [1.82, 2.24) is 9.78 Å². The number of benzene rings is 1. The van der Waals surface area contributed by atoms with Crippen molar-refractivity contribution in [2.75, 3.05) is 5.32 Å². The van der Waals surface area contributed by atoms with E-state index < -0.39 is 0 Å². The van der Waals surface area contributed by atoms with E-state index in [-0.39, 0.29) is 16.5 Å². The third kappa shape index (κ3) is 2.65. The summed E-state index contributed by atoms with van der Waals surface area (Å²) < 4.78 is 1.68. The van der Waals surface area contributed by atoms with E-state index in [1.165, 1.54) is 11.1 Å². The van der Waals surface area contributed by atoms with Crippen LogP contribution in [0.15, 0.2) is 18.2 Å². The summed E-state index contributed by atoms with van der Waals surface area (Å²) in [6.45, 7) is 6.49. The van der Waals surface area contributed by atoms with Crippen LogP contribution in [0.5, 0.6) is 0 Å². The van der Waals surface area contributed by atoms with Crippen LogP contribution >= 0.6 is 11.6 Å². The number of hydrogen-bond acceptors (Lipinski definition) is 2. The summed E-state index contributed by atoms with van der Waals surface area (Å²) in [5.74, 6) is -0.182. The van der Waals surface area contributed by atoms with Gasteiger partial charge in [0, 0.05) is 12.7 Å². The minimum Gasteiger partial charge on any atom is -0.322 e. The maximum atomic E-state index is 12.7. The fourth-order valence-electron chi connectivity index (χ4n) is 3.52. The first-order chi connectivity index (χ1) is 10.8. The highest BCUT2D eigenvalue weighted by atomic mass is 35.5. The van der Waals surface area contributed by atoms with E-state index in [4.69, 9.17) is 11.6 Å². The van der Waals surface area contributed by atoms with Crippen molar-refractivity contribution in [3.8, 4) is 0 Å². The van der Waals surface area contributed by atoms with E-state index in [1.807, 2.05) is 26.1 Å². The van der Waals surface area contributed by atoms with Crippen molar-refractivity contribution in [3.63, 3.8) is 0 Å². The molecule has 1 aromatic heterocycles. The normalized spacial score (nSPS) is 15.5. The molecule has 0 bridgehead atoms. The predicted molar refractivity (Wildman–Crippen MR) is 93.3 cm³/mol. The van der Waals surface area contributed by atoms with Gasteiger partial charge >= 0.3 is 0 Å². The van der Waals surface area contributed by atoms with E-state index in [1.54, 1.807) is 4.68 Å². The lowest BCUT2D eigenvalue weighted by molar-refractivity contribution is 0.102. The third-order valence-electron chi connectivity index (χ3n) is 4.84. The van der Waals surface area contributed by atoms with Gasteiger partial charge in [-0.05, 0) is 41.9 Å². The topological polar surface area (TPSA) is 46.9 Å². The average molecular weight is 332 g/mol. The number of aromatic nitrogens is 2. The number of amides is 1. The van der Waals surface area contributed by atoms with Crippen molar-refractivity contribution in [3.05, 3.63) is 45.7 Å². The molecule has 0 unspecified atom stereocenters. The molecule has 0 radical (unpaired) electrons. The van der Waals surface area contributed by atoms with E-state index in [0.717, 1.165) is 24.2 Å². The lowest BCUT2D eigenvalue weighted by Gasteiger charge is -2.19. The van der Waals surface area contributed by atoms with Gasteiger partial charge < -0.3 is 5.32 Å². The fraction of sp³-hybridized carbons (Fsp3) is 0.444. The van der Waals surface area contributed by atoms with Gasteiger partial charge in [0.2, 0.25) is 0 Å². The minimum atomic E-state index is -0.182. The molecular formula is C18H22ClN3O. The van der Waals surface area contributed by atoms with Crippen molar-refractivity contribution in [2.45, 2.75) is 45.4 Å². The van der Waals surface area contributed by atoms with Gasteiger partial charge in [-0.15, -0.1) is 0 Å². The Morgan fingerprint density at radius 1 is 1.43 bits per heavy atom. The van der Waals surface area contributed by atoms with Crippen LogP contribution < -0.4 is 5.32 Å². The molecule has 1 amide bonds. The molecule has 4 nitrogen and oxygen atoms in total. The molecule has 1 aromatic carbocycles. The quantitative estimate of drug-likeness (QED) is 0.920. The Morgan fingerprint density at radius 2 is 2.17 bits per heavy atom. The van der Waals surface area contributed by atoms with Gasteiger partial charge in [-0.2, -0.15) is 5.10 Å². The Hall–Kier alpha value is -1.81. The minimum absolute atomic E-state index is 0.163. The van der Waals surface area contributed by atoms with Gasteiger partial charge in [-0.3, -0.25) is 9.48 Å². The van der Waals surface area contributed by atoms with Gasteiger partial charge in [-0.25, -0.2) is 0 Å². The van der Waals surface area contributed by atoms with Gasteiger partial charge in [0.05, 0.1) is 11.3 Å². The zero-order chi connectivity index (χ0) is 16.8. The first-order valence-electron chi connectivity index (χ1n) is 8.00. The smallest absolute Gasteiger partial charge is 0.260 e. The zero-order valence-corrected chi connectivity index (χ0v) is 14.8. The standard InChI is InChI=1S/C18H22ClN3O/c1-5-14-15(16(19)21-22(14)4)17(23)20-13-8-6-7-12-11(13)9-10-18(12,2)3/h6-8H,5,9-10H2,1-4H3,(H,20,23). The van der Waals surface area contributed by atoms with Crippen LogP contribution in [-0.4, -0.2) is 15.7 Å². The SMILES string of the molecule is CCc1c(C(=O)Nc2cccc3c2CCC3(C)C)c(Cl)nn1C. The van der Waals surface area contributed by atoms with Crippen molar-refractivity contribution in [2.24, 2.45) is 7.05 Å². The zero-order valence-electron chi connectivity index (χ0n) is 14.0. The number of nitrogens with zero attached hydrogens (tertiary/aromatic N) is 2. The number of carbonyl (C=O) groups is 1. The Morgan fingerprint density at radius 3 is 2.87 bits per heavy atom. The van der Waals surface area contributed by atoms with Crippen LogP contribution in [0.1, 0.15) is 54.4 Å². The molecule has 0 saturated carbocycles. The monoisotopic (exact) mass is 331 g/mol. The molecule has 23 heavy (non-hydrogen) atoms. The number of carbonyl (C=O) groups excluding carboxylic acids is 1. The second-order valence-corrected chi connectivity index (χ2v) is 7.12. The molecule has 0 saturated heterocycles. The maximum Gasteiger partial charge on any atom is 0.260 e. The Bertz CT molecular complexity index is 777. The maximum absolute atomic E-state index is 12.7. The lowest BCUT2D eigenvalue weighted by Crippen LogP contribution is -2.16. The number of fused-ring (bicyclic) bond motifs is 1. The van der Waals surface area contributed by atoms with E-state index in [2.05, 4.69) is 30.3 Å². The summed E-state index contributed by atoms with van der Waals surface area (Å²) in [5, 5.41) is 7.47. The molecule has 0 fully saturated rings. The van der Waals surface area contributed by atoms with E-state index >= 15 is 0 Å². The average Bonchev–Trinajstić information content (AvgIpc) is 2.96. The number of anilines is 1. The van der Waals surface area contributed by atoms with Crippen LogP contribution in [0.4, 0.5) is 5.69 Å². The highest BCUT2D eigenvalue weighted by molar-refractivity contribution is 6.33. The van der Waals surface area contributed by atoms with Crippen LogP contribution in [0.3, 0.4) is 0 Å². The number of nitrogens with one attached hydrogen (secondary N) is 1. The largest absolute Gasteiger partial charge is 0.322 e. The molecule has 1 aliphatic carbocycles. The van der Waals surface area contributed by atoms with Gasteiger partial charge in [0.1, 0.15) is 0 Å². The van der Waals surface area contributed by atoms with E-state index in [0.29, 0.717) is 12.0 Å². The predicted octanol–water partition coefficient (Wildman–Crippen LogP) is 4.11. The fourth-order valence-corrected chi connectivity index (χ4v) is 3.83. The van der Waals surface area contributed by atoms with Crippen molar-refractivity contribution in [1.29, 1.82) is 0 Å². The highest BCUT2D eigenvalue weighted by Crippen LogP contribution is 2.41. The molecule has 5 heteroatoms. The summed E-state index contributed by atoms with van der Waals surface area (Å²) in [7, 11) is 1.81. The summed E-state index contributed by atoms with van der Waals surface area (Å²) in [5.41, 5.74) is 4.94. The molecule has 1 aliphatic rings. The summed E-state index contributed by atoms with van der Waals surface area (Å²) in [6.07, 6.45) is 2.79. The van der Waals surface area contributed by atoms with Crippen LogP contribution in [0, 0.1) is 0 Å². The number of rotatable bonds is 3. The molecule has 122 valence electrons. The van der Waals surface area contributed by atoms with Crippen molar-refractivity contribution < 1.29 is 4.79 Å². The summed E-state index contributed by atoms with van der Waals surface area (Å²) in [6, 6.07) is 6.13. The Kier molecular flexibility index (Phi) is 3.96. The van der Waals surface area contributed by atoms with Gasteiger partial charge in [0.15, 0.2) is 5.15 Å². The molecule has 0 aliphatic heterocycles. The number of hydrogen-bond donors (Lipinski definition) is 1. The highest BCUT2D eigenvalue weighted by Gasteiger charge is 2.31. The molecule has 1 N–H and O–H groups in total.